The van der Waals surface area contributed by atoms with Crippen molar-refractivity contribution in [1.82, 2.24) is 0 Å². The lowest BCUT2D eigenvalue weighted by molar-refractivity contribution is 0.602. The van der Waals surface area contributed by atoms with Crippen LogP contribution in [0.3, 0.4) is 0 Å². The predicted molar refractivity (Wildman–Crippen MR) is 87.8 cm³/mol. The fourth-order valence-corrected chi connectivity index (χ4v) is 2.86. The van der Waals surface area contributed by atoms with Crippen molar-refractivity contribution in [1.29, 1.82) is 0 Å². The van der Waals surface area contributed by atoms with E-state index in [0.717, 1.165) is 19.4 Å². The average Bonchev–Trinajstić information content (AvgIpc) is 2.45. The molecule has 2 aromatic carbocycles. The SMILES string of the molecule is CS(=O)(=O)c1ccc(Cl)c(NCCCc2ccccc2)c1. The van der Waals surface area contributed by atoms with Crippen LogP contribution in [0.25, 0.3) is 0 Å². The van der Waals surface area contributed by atoms with Crippen molar-refractivity contribution in [3.63, 3.8) is 0 Å². The average molecular weight is 324 g/mol. The Morgan fingerprint density at radius 3 is 2.48 bits per heavy atom. The van der Waals surface area contributed by atoms with Crippen LogP contribution in [0.2, 0.25) is 5.02 Å². The summed E-state index contributed by atoms with van der Waals surface area (Å²) >= 11 is 6.08. The van der Waals surface area contributed by atoms with Gasteiger partial charge >= 0.3 is 0 Å². The molecule has 0 saturated heterocycles. The van der Waals surface area contributed by atoms with Crippen molar-refractivity contribution in [3.05, 3.63) is 59.1 Å². The molecule has 0 saturated carbocycles. The third kappa shape index (κ3) is 4.76. The predicted octanol–water partition coefficient (Wildman–Crippen LogP) is 3.79. The van der Waals surface area contributed by atoms with Crippen LogP contribution in [0.1, 0.15) is 12.0 Å². The number of sulfone groups is 1. The zero-order valence-electron chi connectivity index (χ0n) is 11.8. The first-order valence-corrected chi connectivity index (χ1v) is 9.01. The van der Waals surface area contributed by atoms with E-state index < -0.39 is 9.84 Å². The second-order valence-electron chi connectivity index (χ2n) is 4.93. The van der Waals surface area contributed by atoms with Crippen LogP contribution in [-0.4, -0.2) is 21.2 Å². The first-order chi connectivity index (χ1) is 9.97. The van der Waals surface area contributed by atoms with Gasteiger partial charge in [0.1, 0.15) is 0 Å². The van der Waals surface area contributed by atoms with E-state index in [0.29, 0.717) is 10.7 Å². The molecule has 0 heterocycles. The molecule has 21 heavy (non-hydrogen) atoms. The minimum Gasteiger partial charge on any atom is -0.384 e. The fraction of sp³-hybridized carbons (Fsp3) is 0.250. The molecule has 0 unspecified atom stereocenters. The summed E-state index contributed by atoms with van der Waals surface area (Å²) in [5.74, 6) is 0. The van der Waals surface area contributed by atoms with Gasteiger partial charge in [-0.1, -0.05) is 41.9 Å². The second-order valence-corrected chi connectivity index (χ2v) is 7.35. The van der Waals surface area contributed by atoms with Crippen LogP contribution in [-0.2, 0) is 16.3 Å². The maximum Gasteiger partial charge on any atom is 0.175 e. The van der Waals surface area contributed by atoms with E-state index in [1.165, 1.54) is 17.9 Å². The summed E-state index contributed by atoms with van der Waals surface area (Å²) < 4.78 is 23.1. The molecule has 0 fully saturated rings. The first-order valence-electron chi connectivity index (χ1n) is 6.74. The maximum atomic E-state index is 11.5. The minimum atomic E-state index is -3.21. The number of hydrogen-bond donors (Lipinski definition) is 1. The Bertz CT molecular complexity index is 699. The van der Waals surface area contributed by atoms with Crippen LogP contribution in [0.15, 0.2) is 53.4 Å². The van der Waals surface area contributed by atoms with E-state index in [4.69, 9.17) is 11.6 Å². The number of aryl methyl sites for hydroxylation is 1. The summed E-state index contributed by atoms with van der Waals surface area (Å²) in [5, 5.41) is 3.73. The molecule has 0 radical (unpaired) electrons. The first kappa shape index (κ1) is 15.9. The second kappa shape index (κ2) is 6.96. The Kier molecular flexibility index (Phi) is 5.26. The summed E-state index contributed by atoms with van der Waals surface area (Å²) in [6, 6.07) is 14.9. The highest BCUT2D eigenvalue weighted by Crippen LogP contribution is 2.25. The van der Waals surface area contributed by atoms with Crippen molar-refractivity contribution in [2.24, 2.45) is 0 Å². The maximum absolute atomic E-state index is 11.5. The molecule has 0 aliphatic heterocycles. The van der Waals surface area contributed by atoms with Crippen LogP contribution >= 0.6 is 11.6 Å². The normalized spacial score (nSPS) is 11.3. The van der Waals surface area contributed by atoms with Gasteiger partial charge < -0.3 is 5.32 Å². The molecule has 0 aliphatic carbocycles. The van der Waals surface area contributed by atoms with Crippen molar-refractivity contribution in [2.45, 2.75) is 17.7 Å². The third-order valence-corrected chi connectivity index (χ3v) is 4.61. The highest BCUT2D eigenvalue weighted by atomic mass is 35.5. The number of benzene rings is 2. The standard InChI is InChI=1S/C16H18ClNO2S/c1-21(19,20)14-9-10-15(17)16(12-14)18-11-5-8-13-6-3-2-4-7-13/h2-4,6-7,9-10,12,18H,5,8,11H2,1H3. The summed E-state index contributed by atoms with van der Waals surface area (Å²) in [6.45, 7) is 0.738. The van der Waals surface area contributed by atoms with Crippen LogP contribution in [0.5, 0.6) is 0 Å². The summed E-state index contributed by atoms with van der Waals surface area (Å²) in [7, 11) is -3.21. The molecule has 0 aromatic heterocycles. The highest BCUT2D eigenvalue weighted by molar-refractivity contribution is 7.90. The molecule has 1 N–H and O–H groups in total. The van der Waals surface area contributed by atoms with Crippen molar-refractivity contribution >= 4 is 27.1 Å². The summed E-state index contributed by atoms with van der Waals surface area (Å²) in [6.07, 6.45) is 3.11. The van der Waals surface area contributed by atoms with E-state index in [-0.39, 0.29) is 4.90 Å². The molecule has 0 spiro atoms. The molecule has 0 amide bonds. The van der Waals surface area contributed by atoms with E-state index >= 15 is 0 Å². The van der Waals surface area contributed by atoms with Gasteiger partial charge in [0.15, 0.2) is 9.84 Å². The van der Waals surface area contributed by atoms with Crippen LogP contribution in [0.4, 0.5) is 5.69 Å². The van der Waals surface area contributed by atoms with Crippen molar-refractivity contribution < 1.29 is 8.42 Å². The van der Waals surface area contributed by atoms with E-state index in [9.17, 15) is 8.42 Å². The third-order valence-electron chi connectivity index (χ3n) is 3.17. The molecular weight excluding hydrogens is 306 g/mol. The number of rotatable bonds is 6. The zero-order valence-corrected chi connectivity index (χ0v) is 13.4. The lowest BCUT2D eigenvalue weighted by Gasteiger charge is -2.10. The van der Waals surface area contributed by atoms with Gasteiger partial charge in [0.25, 0.3) is 0 Å². The smallest absolute Gasteiger partial charge is 0.175 e. The van der Waals surface area contributed by atoms with E-state index in [1.807, 2.05) is 18.2 Å². The molecule has 2 rings (SSSR count). The molecule has 112 valence electrons. The zero-order chi connectivity index (χ0) is 15.3. The number of anilines is 1. The van der Waals surface area contributed by atoms with Gasteiger partial charge in [-0.3, -0.25) is 0 Å². The Hall–Kier alpha value is -1.52. The molecular formula is C16H18ClNO2S. The molecule has 0 bridgehead atoms. The topological polar surface area (TPSA) is 46.2 Å². The van der Waals surface area contributed by atoms with Gasteiger partial charge in [-0.25, -0.2) is 8.42 Å². The van der Waals surface area contributed by atoms with Gasteiger partial charge in [-0.05, 0) is 36.6 Å². The Morgan fingerprint density at radius 1 is 1.10 bits per heavy atom. The highest BCUT2D eigenvalue weighted by Gasteiger charge is 2.09. The molecule has 0 atom stereocenters. The summed E-state index contributed by atoms with van der Waals surface area (Å²) in [5.41, 5.74) is 1.95. The largest absolute Gasteiger partial charge is 0.384 e. The van der Waals surface area contributed by atoms with Gasteiger partial charge in [0.05, 0.1) is 15.6 Å². The van der Waals surface area contributed by atoms with Gasteiger partial charge in [0.2, 0.25) is 0 Å². The van der Waals surface area contributed by atoms with Gasteiger partial charge in [0, 0.05) is 12.8 Å². The van der Waals surface area contributed by atoms with Gasteiger partial charge in [-0.15, -0.1) is 0 Å². The number of nitrogens with one attached hydrogen (secondary N) is 1. The Morgan fingerprint density at radius 2 is 1.81 bits per heavy atom. The Balaban J connectivity index is 1.94. The van der Waals surface area contributed by atoms with Crippen molar-refractivity contribution in [2.75, 3.05) is 18.1 Å². The lowest BCUT2D eigenvalue weighted by atomic mass is 10.1. The number of hydrogen-bond acceptors (Lipinski definition) is 3. The fourth-order valence-electron chi connectivity index (χ4n) is 2.03. The summed E-state index contributed by atoms with van der Waals surface area (Å²) in [4.78, 5) is 0.275. The van der Waals surface area contributed by atoms with Crippen LogP contribution in [0, 0.1) is 0 Å². The molecule has 2 aromatic rings. The van der Waals surface area contributed by atoms with E-state index in [2.05, 4.69) is 17.4 Å². The molecule has 0 aliphatic rings. The van der Waals surface area contributed by atoms with E-state index in [1.54, 1.807) is 12.1 Å². The van der Waals surface area contributed by atoms with Crippen LogP contribution < -0.4 is 5.32 Å². The molecule has 5 heteroatoms. The molecule has 3 nitrogen and oxygen atoms in total. The van der Waals surface area contributed by atoms with Crippen molar-refractivity contribution in [3.8, 4) is 0 Å². The van der Waals surface area contributed by atoms with Gasteiger partial charge in [-0.2, -0.15) is 0 Å². The minimum absolute atomic E-state index is 0.275. The monoisotopic (exact) mass is 323 g/mol. The lowest BCUT2D eigenvalue weighted by Crippen LogP contribution is -2.05. The quantitative estimate of drug-likeness (QED) is 0.823. The Labute approximate surface area is 130 Å². The number of halogens is 1.